The van der Waals surface area contributed by atoms with Gasteiger partial charge in [-0.2, -0.15) is 0 Å². The molecule has 5 nitrogen and oxygen atoms in total. The molecule has 0 saturated carbocycles. The highest BCUT2D eigenvalue weighted by Crippen LogP contribution is 2.18. The number of sulfone groups is 1. The summed E-state index contributed by atoms with van der Waals surface area (Å²) >= 11 is 0. The van der Waals surface area contributed by atoms with Crippen LogP contribution in [-0.4, -0.2) is 40.3 Å². The van der Waals surface area contributed by atoms with Crippen molar-refractivity contribution in [3.8, 4) is 0 Å². The summed E-state index contributed by atoms with van der Waals surface area (Å²) in [5, 5.41) is 6.62. The molecule has 0 spiro atoms. The fourth-order valence-electron chi connectivity index (χ4n) is 2.89. The van der Waals surface area contributed by atoms with Gasteiger partial charge in [-0.15, -0.1) is 24.0 Å². The third kappa shape index (κ3) is 9.16. The van der Waals surface area contributed by atoms with Crippen LogP contribution in [-0.2, 0) is 16.3 Å². The molecule has 1 unspecified atom stereocenters. The fraction of sp³-hybridized carbons (Fsp3) is 0.409. The first kappa shape index (κ1) is 25.4. The van der Waals surface area contributed by atoms with Gasteiger partial charge in [-0.3, -0.25) is 4.99 Å². The van der Waals surface area contributed by atoms with Gasteiger partial charge < -0.3 is 10.6 Å². The van der Waals surface area contributed by atoms with Crippen molar-refractivity contribution in [1.82, 2.24) is 10.6 Å². The lowest BCUT2D eigenvalue weighted by Crippen LogP contribution is -2.38. The van der Waals surface area contributed by atoms with Crippen LogP contribution in [0.1, 0.15) is 37.3 Å². The van der Waals surface area contributed by atoms with Crippen molar-refractivity contribution >= 4 is 39.8 Å². The molecule has 0 aliphatic carbocycles. The van der Waals surface area contributed by atoms with Gasteiger partial charge in [-0.25, -0.2) is 8.42 Å². The van der Waals surface area contributed by atoms with Crippen LogP contribution in [0.4, 0.5) is 0 Å². The average Bonchev–Trinajstić information content (AvgIpc) is 2.68. The molecule has 2 N–H and O–H groups in total. The number of hydrogen-bond acceptors (Lipinski definition) is 3. The van der Waals surface area contributed by atoms with E-state index in [1.165, 1.54) is 11.8 Å². The maximum absolute atomic E-state index is 11.5. The van der Waals surface area contributed by atoms with E-state index in [0.29, 0.717) is 10.8 Å². The van der Waals surface area contributed by atoms with Crippen molar-refractivity contribution in [3.05, 3.63) is 65.7 Å². The van der Waals surface area contributed by atoms with E-state index in [1.54, 1.807) is 12.1 Å². The summed E-state index contributed by atoms with van der Waals surface area (Å²) < 4.78 is 23.0. The molecule has 0 saturated heterocycles. The Bertz CT molecular complexity index is 853. The number of rotatable bonds is 9. The summed E-state index contributed by atoms with van der Waals surface area (Å²) in [6, 6.07) is 17.6. The number of hydrogen-bond donors (Lipinski definition) is 2. The number of nitrogens with zero attached hydrogens (tertiary/aromatic N) is 1. The first-order valence-electron chi connectivity index (χ1n) is 9.76. The number of halogens is 1. The third-order valence-corrected chi connectivity index (χ3v) is 5.73. The zero-order valence-corrected chi connectivity index (χ0v) is 20.5. The average molecular weight is 529 g/mol. The Morgan fingerprint density at radius 1 is 1.03 bits per heavy atom. The highest BCUT2D eigenvalue weighted by Gasteiger charge is 2.07. The van der Waals surface area contributed by atoms with Crippen LogP contribution in [0.2, 0.25) is 0 Å². The molecule has 7 heteroatoms. The van der Waals surface area contributed by atoms with E-state index in [1.807, 2.05) is 25.1 Å². The second-order valence-electron chi connectivity index (χ2n) is 6.95. The molecule has 1 atom stereocenters. The predicted octanol–water partition coefficient (Wildman–Crippen LogP) is 4.00. The van der Waals surface area contributed by atoms with Crippen LogP contribution in [0.3, 0.4) is 0 Å². The molecule has 0 amide bonds. The van der Waals surface area contributed by atoms with Gasteiger partial charge in [0.25, 0.3) is 0 Å². The van der Waals surface area contributed by atoms with Gasteiger partial charge in [-0.05, 0) is 48.9 Å². The smallest absolute Gasteiger partial charge is 0.191 e. The summed E-state index contributed by atoms with van der Waals surface area (Å²) in [6.45, 7) is 6.58. The third-order valence-electron chi connectivity index (χ3n) is 4.60. The monoisotopic (exact) mass is 529 g/mol. The van der Waals surface area contributed by atoms with Gasteiger partial charge >= 0.3 is 0 Å². The Morgan fingerprint density at radius 2 is 1.69 bits per heavy atom. The molecule has 0 bridgehead atoms. The molecule has 160 valence electrons. The van der Waals surface area contributed by atoms with Crippen LogP contribution in [0.25, 0.3) is 0 Å². The molecule has 2 aromatic rings. The second-order valence-corrected chi connectivity index (χ2v) is 8.97. The number of aliphatic imine (C=N–C) groups is 1. The molecule has 0 heterocycles. The quantitative estimate of drug-likeness (QED) is 0.293. The largest absolute Gasteiger partial charge is 0.357 e. The Hall–Kier alpha value is -1.61. The van der Waals surface area contributed by atoms with E-state index in [0.717, 1.165) is 44.0 Å². The van der Waals surface area contributed by atoms with Crippen LogP contribution in [0.15, 0.2) is 64.5 Å². The van der Waals surface area contributed by atoms with Crippen LogP contribution < -0.4 is 10.6 Å². The zero-order chi connectivity index (χ0) is 20.4. The van der Waals surface area contributed by atoms with Gasteiger partial charge in [0.2, 0.25) is 0 Å². The van der Waals surface area contributed by atoms with Gasteiger partial charge in [0.15, 0.2) is 15.8 Å². The fourth-order valence-corrected chi connectivity index (χ4v) is 3.52. The minimum absolute atomic E-state index is 0. The lowest BCUT2D eigenvalue weighted by Gasteiger charge is -2.13. The maximum Gasteiger partial charge on any atom is 0.191 e. The summed E-state index contributed by atoms with van der Waals surface area (Å²) in [5.41, 5.74) is 2.43. The van der Waals surface area contributed by atoms with Crippen molar-refractivity contribution in [3.63, 3.8) is 0 Å². The lowest BCUT2D eigenvalue weighted by molar-refractivity contribution is 0.602. The molecule has 0 aliphatic heterocycles. The van der Waals surface area contributed by atoms with Crippen molar-refractivity contribution in [2.24, 2.45) is 4.99 Å². The minimum atomic E-state index is -3.14. The highest BCUT2D eigenvalue weighted by atomic mass is 127. The Balaban J connectivity index is 0.00000420. The van der Waals surface area contributed by atoms with Crippen molar-refractivity contribution in [2.75, 3.05) is 25.9 Å². The molecule has 0 radical (unpaired) electrons. The number of benzene rings is 2. The van der Waals surface area contributed by atoms with Crippen LogP contribution in [0, 0.1) is 0 Å². The Kier molecular flexibility index (Phi) is 11.3. The van der Waals surface area contributed by atoms with E-state index < -0.39 is 9.84 Å². The molecule has 0 aliphatic rings. The molecular weight excluding hydrogens is 497 g/mol. The van der Waals surface area contributed by atoms with E-state index in [9.17, 15) is 8.42 Å². The van der Waals surface area contributed by atoms with E-state index in [2.05, 4.69) is 46.8 Å². The summed E-state index contributed by atoms with van der Waals surface area (Å²) in [6.07, 6.45) is 3.02. The Labute approximate surface area is 192 Å². The molecule has 2 aromatic carbocycles. The molecule has 2 rings (SSSR count). The van der Waals surface area contributed by atoms with Crippen LogP contribution in [0.5, 0.6) is 0 Å². The topological polar surface area (TPSA) is 70.6 Å². The van der Waals surface area contributed by atoms with E-state index in [-0.39, 0.29) is 24.0 Å². The van der Waals surface area contributed by atoms with Gasteiger partial charge in [-0.1, -0.05) is 49.4 Å². The van der Waals surface area contributed by atoms with E-state index >= 15 is 0 Å². The summed E-state index contributed by atoms with van der Waals surface area (Å²) in [7, 11) is -3.14. The predicted molar refractivity (Wildman–Crippen MR) is 132 cm³/mol. The SMILES string of the molecule is CCNC(=NCCC(C)c1ccccc1)NCCc1ccc(S(C)(=O)=O)cc1.I. The standard InChI is InChI=1S/C22H31N3O2S.HI/c1-4-23-22(24-16-14-18(2)20-8-6-5-7-9-20)25-17-15-19-10-12-21(13-11-19)28(3,26)27;/h5-13,18H,4,14-17H2,1-3H3,(H2,23,24,25);1H. The number of guanidine groups is 1. The second kappa shape index (κ2) is 12.8. The van der Waals surface area contributed by atoms with Crippen molar-refractivity contribution in [2.45, 2.75) is 37.5 Å². The van der Waals surface area contributed by atoms with Gasteiger partial charge in [0.1, 0.15) is 0 Å². The zero-order valence-electron chi connectivity index (χ0n) is 17.4. The lowest BCUT2D eigenvalue weighted by atomic mass is 9.98. The van der Waals surface area contributed by atoms with Crippen molar-refractivity contribution in [1.29, 1.82) is 0 Å². The summed E-state index contributed by atoms with van der Waals surface area (Å²) in [5.74, 6) is 1.29. The number of nitrogens with one attached hydrogen (secondary N) is 2. The first-order chi connectivity index (χ1) is 13.4. The molecule has 29 heavy (non-hydrogen) atoms. The van der Waals surface area contributed by atoms with Gasteiger partial charge in [0, 0.05) is 25.9 Å². The minimum Gasteiger partial charge on any atom is -0.357 e. The molecule has 0 aromatic heterocycles. The highest BCUT2D eigenvalue weighted by molar-refractivity contribution is 14.0. The summed E-state index contributed by atoms with van der Waals surface area (Å²) in [4.78, 5) is 5.03. The van der Waals surface area contributed by atoms with Gasteiger partial charge in [0.05, 0.1) is 4.90 Å². The normalized spacial score (nSPS) is 12.7. The molecular formula is C22H32IN3O2S. The van der Waals surface area contributed by atoms with Crippen LogP contribution >= 0.6 is 24.0 Å². The van der Waals surface area contributed by atoms with E-state index in [4.69, 9.17) is 0 Å². The Morgan fingerprint density at radius 3 is 2.28 bits per heavy atom. The maximum atomic E-state index is 11.5. The van der Waals surface area contributed by atoms with Crippen molar-refractivity contribution < 1.29 is 8.42 Å². The molecule has 0 fully saturated rings. The first-order valence-corrected chi connectivity index (χ1v) is 11.7.